The Kier molecular flexibility index (Phi) is 2.51. The quantitative estimate of drug-likeness (QED) is 0.668. The highest BCUT2D eigenvalue weighted by Crippen LogP contribution is 2.35. The van der Waals surface area contributed by atoms with Crippen molar-refractivity contribution in [2.45, 2.75) is 44.8 Å². The number of hydrogen-bond acceptors (Lipinski definition) is 3. The summed E-state index contributed by atoms with van der Waals surface area (Å²) in [4.78, 5) is 15.7. The van der Waals surface area contributed by atoms with Gasteiger partial charge in [-0.2, -0.15) is 0 Å². The first-order valence-corrected chi connectivity index (χ1v) is 5.60. The third-order valence-electron chi connectivity index (χ3n) is 3.56. The van der Waals surface area contributed by atoms with Crippen molar-refractivity contribution in [3.05, 3.63) is 0 Å². The lowest BCUT2D eigenvalue weighted by Gasteiger charge is -2.41. The molecule has 2 aliphatic rings. The zero-order chi connectivity index (χ0) is 11.2. The van der Waals surface area contributed by atoms with Crippen LogP contribution in [0.15, 0.2) is 0 Å². The van der Waals surface area contributed by atoms with E-state index in [9.17, 15) is 4.79 Å². The van der Waals surface area contributed by atoms with Gasteiger partial charge in [-0.1, -0.05) is 0 Å². The average Bonchev–Trinajstić information content (AvgIpc) is 2.73. The topological polar surface area (TPSA) is 43.8 Å². The van der Waals surface area contributed by atoms with Crippen molar-refractivity contribution in [2.24, 2.45) is 0 Å². The van der Waals surface area contributed by atoms with Crippen LogP contribution in [0.25, 0.3) is 0 Å². The normalized spacial score (nSPS) is 31.3. The summed E-state index contributed by atoms with van der Waals surface area (Å²) in [6.45, 7) is 8.05. The molecule has 0 saturated carbocycles. The van der Waals surface area contributed by atoms with Gasteiger partial charge in [0.05, 0.1) is 0 Å². The fourth-order valence-corrected chi connectivity index (χ4v) is 2.88. The van der Waals surface area contributed by atoms with Gasteiger partial charge in [0.25, 0.3) is 0 Å². The zero-order valence-electron chi connectivity index (χ0n) is 9.73. The molecule has 0 radical (unpaired) electrons. The minimum atomic E-state index is -0.348. The summed E-state index contributed by atoms with van der Waals surface area (Å²) in [5.74, 6) is -0.115. The van der Waals surface area contributed by atoms with Gasteiger partial charge in [0.2, 0.25) is 5.91 Å². The SMILES string of the molecule is CC(C)(C)N1CC2CC1CN2C(=O)CO. The van der Waals surface area contributed by atoms with E-state index in [1.165, 1.54) is 0 Å². The standard InChI is InChI=1S/C11H20N2O2/c1-11(2,3)13-6-8-4-9(13)5-12(8)10(15)7-14/h8-9,14H,4-7H2,1-3H3. The first-order chi connectivity index (χ1) is 6.93. The van der Waals surface area contributed by atoms with Gasteiger partial charge >= 0.3 is 0 Å². The van der Waals surface area contributed by atoms with Crippen LogP contribution in [0, 0.1) is 0 Å². The van der Waals surface area contributed by atoms with Crippen LogP contribution in [0.3, 0.4) is 0 Å². The molecule has 15 heavy (non-hydrogen) atoms. The first-order valence-electron chi connectivity index (χ1n) is 5.60. The van der Waals surface area contributed by atoms with Crippen molar-refractivity contribution in [1.29, 1.82) is 0 Å². The number of rotatable bonds is 1. The Labute approximate surface area is 90.9 Å². The number of likely N-dealkylation sites (tertiary alicyclic amines) is 2. The van der Waals surface area contributed by atoms with Crippen LogP contribution < -0.4 is 0 Å². The summed E-state index contributed by atoms with van der Waals surface area (Å²) < 4.78 is 0. The molecule has 86 valence electrons. The van der Waals surface area contributed by atoms with Crippen molar-refractivity contribution in [3.63, 3.8) is 0 Å². The maximum Gasteiger partial charge on any atom is 0.248 e. The molecule has 1 N–H and O–H groups in total. The molecule has 0 aromatic heterocycles. The lowest BCUT2D eigenvalue weighted by Crippen LogP contribution is -2.55. The summed E-state index contributed by atoms with van der Waals surface area (Å²) in [6.07, 6.45) is 1.07. The maximum absolute atomic E-state index is 11.4. The second-order valence-corrected chi connectivity index (χ2v) is 5.57. The number of carbonyl (C=O) groups is 1. The molecule has 1 amide bonds. The lowest BCUT2D eigenvalue weighted by molar-refractivity contribution is -0.137. The van der Waals surface area contributed by atoms with Crippen LogP contribution in [0.4, 0.5) is 0 Å². The molecule has 2 saturated heterocycles. The second kappa shape index (κ2) is 3.46. The molecule has 2 aliphatic heterocycles. The average molecular weight is 212 g/mol. The Bertz CT molecular complexity index is 272. The van der Waals surface area contributed by atoms with Crippen LogP contribution in [-0.2, 0) is 4.79 Å². The van der Waals surface area contributed by atoms with Crippen molar-refractivity contribution >= 4 is 5.91 Å². The predicted octanol–water partition coefficient (Wildman–Crippen LogP) is 0.0623. The minimum absolute atomic E-state index is 0.115. The summed E-state index contributed by atoms with van der Waals surface area (Å²) in [7, 11) is 0. The number of carbonyl (C=O) groups excluding carboxylic acids is 1. The molecule has 2 heterocycles. The van der Waals surface area contributed by atoms with E-state index in [0.717, 1.165) is 19.5 Å². The molecule has 0 aromatic rings. The Hall–Kier alpha value is -0.610. The number of fused-ring (bicyclic) bond motifs is 2. The Balaban J connectivity index is 2.03. The Morgan fingerprint density at radius 2 is 2.00 bits per heavy atom. The van der Waals surface area contributed by atoms with Crippen molar-refractivity contribution < 1.29 is 9.90 Å². The molecule has 2 rings (SSSR count). The zero-order valence-corrected chi connectivity index (χ0v) is 9.73. The van der Waals surface area contributed by atoms with Crippen LogP contribution in [0.5, 0.6) is 0 Å². The number of aliphatic hydroxyl groups excluding tert-OH is 1. The van der Waals surface area contributed by atoms with Gasteiger partial charge in [0.15, 0.2) is 0 Å². The maximum atomic E-state index is 11.4. The molecule has 4 heteroatoms. The van der Waals surface area contributed by atoms with Crippen molar-refractivity contribution in [1.82, 2.24) is 9.80 Å². The van der Waals surface area contributed by atoms with Gasteiger partial charge in [0, 0.05) is 30.7 Å². The molecule has 0 spiro atoms. The number of hydrogen-bond donors (Lipinski definition) is 1. The smallest absolute Gasteiger partial charge is 0.248 e. The van der Waals surface area contributed by atoms with Gasteiger partial charge in [-0.05, 0) is 27.2 Å². The number of aliphatic hydroxyl groups is 1. The van der Waals surface area contributed by atoms with E-state index < -0.39 is 0 Å². The van der Waals surface area contributed by atoms with Gasteiger partial charge < -0.3 is 10.0 Å². The third-order valence-corrected chi connectivity index (χ3v) is 3.56. The van der Waals surface area contributed by atoms with Crippen LogP contribution in [0.1, 0.15) is 27.2 Å². The molecule has 2 atom stereocenters. The van der Waals surface area contributed by atoms with Gasteiger partial charge in [-0.25, -0.2) is 0 Å². The fourth-order valence-electron chi connectivity index (χ4n) is 2.88. The minimum Gasteiger partial charge on any atom is -0.387 e. The van der Waals surface area contributed by atoms with Crippen molar-refractivity contribution in [3.8, 4) is 0 Å². The predicted molar refractivity (Wildman–Crippen MR) is 57.5 cm³/mol. The lowest BCUT2D eigenvalue weighted by atomic mass is 10.0. The van der Waals surface area contributed by atoms with Crippen molar-refractivity contribution in [2.75, 3.05) is 19.7 Å². The molecule has 0 aliphatic carbocycles. The first kappa shape index (κ1) is 10.9. The molecule has 0 aromatic carbocycles. The largest absolute Gasteiger partial charge is 0.387 e. The Morgan fingerprint density at radius 3 is 2.40 bits per heavy atom. The van der Waals surface area contributed by atoms with E-state index in [1.807, 2.05) is 4.90 Å². The van der Waals surface area contributed by atoms with E-state index >= 15 is 0 Å². The summed E-state index contributed by atoms with van der Waals surface area (Å²) in [5, 5.41) is 8.84. The summed E-state index contributed by atoms with van der Waals surface area (Å²) in [6, 6.07) is 0.819. The molecule has 2 bridgehead atoms. The van der Waals surface area contributed by atoms with E-state index in [1.54, 1.807) is 0 Å². The molecule has 2 fully saturated rings. The van der Waals surface area contributed by atoms with E-state index in [0.29, 0.717) is 12.1 Å². The van der Waals surface area contributed by atoms with Gasteiger partial charge in [-0.15, -0.1) is 0 Å². The molecular weight excluding hydrogens is 192 g/mol. The number of nitrogens with zero attached hydrogens (tertiary/aromatic N) is 2. The summed E-state index contributed by atoms with van der Waals surface area (Å²) >= 11 is 0. The van der Waals surface area contributed by atoms with E-state index in [4.69, 9.17) is 5.11 Å². The van der Waals surface area contributed by atoms with Gasteiger partial charge in [0.1, 0.15) is 6.61 Å². The highest BCUT2D eigenvalue weighted by Gasteiger charge is 2.47. The molecule has 4 nitrogen and oxygen atoms in total. The highest BCUT2D eigenvalue weighted by atomic mass is 16.3. The van der Waals surface area contributed by atoms with Gasteiger partial charge in [-0.3, -0.25) is 9.69 Å². The third kappa shape index (κ3) is 1.76. The van der Waals surface area contributed by atoms with Crippen LogP contribution >= 0.6 is 0 Å². The monoisotopic (exact) mass is 212 g/mol. The number of piperazine rings is 1. The molecular formula is C11H20N2O2. The van der Waals surface area contributed by atoms with Crippen LogP contribution in [-0.4, -0.2) is 58.1 Å². The number of amides is 1. The Morgan fingerprint density at radius 1 is 1.33 bits per heavy atom. The van der Waals surface area contributed by atoms with Crippen LogP contribution in [0.2, 0.25) is 0 Å². The fraction of sp³-hybridized carbons (Fsp3) is 0.909. The van der Waals surface area contributed by atoms with E-state index in [-0.39, 0.29) is 18.1 Å². The van der Waals surface area contributed by atoms with E-state index in [2.05, 4.69) is 25.7 Å². The highest BCUT2D eigenvalue weighted by molar-refractivity contribution is 5.78. The molecule has 2 unspecified atom stereocenters. The summed E-state index contributed by atoms with van der Waals surface area (Å²) in [5.41, 5.74) is 0.188. The second-order valence-electron chi connectivity index (χ2n) is 5.57.